The molecule has 0 N–H and O–H groups in total. The van der Waals surface area contributed by atoms with Crippen LogP contribution < -0.4 is 0 Å². The van der Waals surface area contributed by atoms with Gasteiger partial charge in [-0.2, -0.15) is 0 Å². The van der Waals surface area contributed by atoms with Gasteiger partial charge in [-0.3, -0.25) is 9.79 Å². The smallest absolute Gasteiger partial charge is 0.178 e. The number of hydrogen-bond donors (Lipinski definition) is 0. The van der Waals surface area contributed by atoms with Crippen molar-refractivity contribution in [3.05, 3.63) is 24.3 Å². The number of rotatable bonds is 1. The van der Waals surface area contributed by atoms with Gasteiger partial charge in [0.1, 0.15) is 0 Å². The molecule has 0 heterocycles. The minimum absolute atomic E-state index is 0.0349. The number of ketones is 1. The third-order valence-corrected chi connectivity index (χ3v) is 1.24. The molecular weight excluding hydrogens is 138 g/mol. The molecule has 0 bridgehead atoms. The maximum Gasteiger partial charge on any atom is 0.178 e. The zero-order chi connectivity index (χ0) is 8.27. The summed E-state index contributed by atoms with van der Waals surface area (Å²) in [6.45, 7) is 4.01. The summed E-state index contributed by atoms with van der Waals surface area (Å²) in [7, 11) is 0. The SMILES string of the molecule is CC(C)N=C1C=CC(=O)C=C1. The molecule has 0 aromatic carbocycles. The highest BCUT2D eigenvalue weighted by Crippen LogP contribution is 1.98. The van der Waals surface area contributed by atoms with E-state index in [0.29, 0.717) is 0 Å². The second-order valence-electron chi connectivity index (χ2n) is 2.72. The van der Waals surface area contributed by atoms with Gasteiger partial charge >= 0.3 is 0 Å². The molecule has 1 rings (SSSR count). The van der Waals surface area contributed by atoms with Crippen molar-refractivity contribution in [3.8, 4) is 0 Å². The maximum atomic E-state index is 10.7. The Bertz CT molecular complexity index is 228. The molecular formula is C9H11NO. The fourth-order valence-electron chi connectivity index (χ4n) is 0.830. The molecule has 2 nitrogen and oxygen atoms in total. The monoisotopic (exact) mass is 149 g/mol. The van der Waals surface area contributed by atoms with Crippen LogP contribution in [0, 0.1) is 0 Å². The summed E-state index contributed by atoms with van der Waals surface area (Å²) in [6, 6.07) is 0.285. The molecule has 0 fully saturated rings. The van der Waals surface area contributed by atoms with E-state index in [2.05, 4.69) is 4.99 Å². The van der Waals surface area contributed by atoms with Gasteiger partial charge < -0.3 is 0 Å². The molecule has 11 heavy (non-hydrogen) atoms. The van der Waals surface area contributed by atoms with Gasteiger partial charge in [0, 0.05) is 6.04 Å². The molecule has 0 aromatic rings. The van der Waals surface area contributed by atoms with Crippen LogP contribution in [0.2, 0.25) is 0 Å². The van der Waals surface area contributed by atoms with Crippen molar-refractivity contribution in [2.45, 2.75) is 19.9 Å². The van der Waals surface area contributed by atoms with E-state index in [1.165, 1.54) is 12.2 Å². The van der Waals surface area contributed by atoms with Crippen molar-refractivity contribution in [1.29, 1.82) is 0 Å². The molecule has 0 amide bonds. The first kappa shape index (κ1) is 7.92. The summed E-state index contributed by atoms with van der Waals surface area (Å²) in [6.07, 6.45) is 6.53. The van der Waals surface area contributed by atoms with Crippen LogP contribution in [-0.4, -0.2) is 17.5 Å². The zero-order valence-corrected chi connectivity index (χ0v) is 6.74. The Kier molecular flexibility index (Phi) is 2.36. The van der Waals surface area contributed by atoms with Gasteiger partial charge in [-0.05, 0) is 38.2 Å². The quantitative estimate of drug-likeness (QED) is 0.520. The molecule has 0 unspecified atom stereocenters. The lowest BCUT2D eigenvalue weighted by Crippen LogP contribution is -2.02. The average Bonchev–Trinajstić information content (AvgIpc) is 1.93. The van der Waals surface area contributed by atoms with Crippen LogP contribution in [-0.2, 0) is 4.79 Å². The topological polar surface area (TPSA) is 29.4 Å². The van der Waals surface area contributed by atoms with Crippen LogP contribution in [0.4, 0.5) is 0 Å². The molecule has 2 heteroatoms. The van der Waals surface area contributed by atoms with Gasteiger partial charge in [-0.25, -0.2) is 0 Å². The predicted octanol–water partition coefficient (Wildman–Crippen LogP) is 1.53. The second kappa shape index (κ2) is 3.28. The van der Waals surface area contributed by atoms with E-state index in [0.717, 1.165) is 5.71 Å². The van der Waals surface area contributed by atoms with Gasteiger partial charge in [-0.15, -0.1) is 0 Å². The Hall–Kier alpha value is -1.18. The number of carbonyl (C=O) groups excluding carboxylic acids is 1. The number of allylic oxidation sites excluding steroid dienone is 4. The molecule has 0 saturated carbocycles. The number of carbonyl (C=O) groups is 1. The van der Waals surface area contributed by atoms with Crippen LogP contribution in [0.3, 0.4) is 0 Å². The van der Waals surface area contributed by atoms with Gasteiger partial charge in [0.15, 0.2) is 5.78 Å². The van der Waals surface area contributed by atoms with Gasteiger partial charge in [0.2, 0.25) is 0 Å². The van der Waals surface area contributed by atoms with Crippen LogP contribution in [0.1, 0.15) is 13.8 Å². The van der Waals surface area contributed by atoms with E-state index in [1.807, 2.05) is 13.8 Å². The molecule has 1 aliphatic rings. The van der Waals surface area contributed by atoms with E-state index < -0.39 is 0 Å². The lowest BCUT2D eigenvalue weighted by Gasteiger charge is -2.00. The zero-order valence-electron chi connectivity index (χ0n) is 6.74. The van der Waals surface area contributed by atoms with E-state index in [1.54, 1.807) is 12.2 Å². The highest BCUT2D eigenvalue weighted by molar-refractivity contribution is 6.16. The van der Waals surface area contributed by atoms with Gasteiger partial charge in [-0.1, -0.05) is 0 Å². The highest BCUT2D eigenvalue weighted by atomic mass is 16.1. The molecule has 1 aliphatic carbocycles. The van der Waals surface area contributed by atoms with E-state index in [-0.39, 0.29) is 11.8 Å². The van der Waals surface area contributed by atoms with Crippen molar-refractivity contribution < 1.29 is 4.79 Å². The Labute approximate surface area is 66.3 Å². The molecule has 0 aromatic heterocycles. The predicted molar refractivity (Wildman–Crippen MR) is 45.9 cm³/mol. The lowest BCUT2D eigenvalue weighted by molar-refractivity contribution is -0.110. The third kappa shape index (κ3) is 2.50. The summed E-state index contributed by atoms with van der Waals surface area (Å²) in [5, 5.41) is 0. The van der Waals surface area contributed by atoms with Gasteiger partial charge in [0.25, 0.3) is 0 Å². The highest BCUT2D eigenvalue weighted by Gasteiger charge is 1.99. The Morgan fingerprint density at radius 1 is 1.18 bits per heavy atom. The average molecular weight is 149 g/mol. The molecule has 0 radical (unpaired) electrons. The minimum atomic E-state index is 0.0349. The number of nitrogens with zero attached hydrogens (tertiary/aromatic N) is 1. The molecule has 0 saturated heterocycles. The Balaban J connectivity index is 2.72. The molecule has 0 atom stereocenters. The Morgan fingerprint density at radius 2 is 1.73 bits per heavy atom. The van der Waals surface area contributed by atoms with Crippen LogP contribution in [0.15, 0.2) is 29.3 Å². The maximum absolute atomic E-state index is 10.7. The van der Waals surface area contributed by atoms with Crippen molar-refractivity contribution in [3.63, 3.8) is 0 Å². The van der Waals surface area contributed by atoms with E-state index in [9.17, 15) is 4.79 Å². The largest absolute Gasteiger partial charge is 0.290 e. The van der Waals surface area contributed by atoms with Crippen LogP contribution in [0.25, 0.3) is 0 Å². The first-order valence-corrected chi connectivity index (χ1v) is 3.66. The fourth-order valence-corrected chi connectivity index (χ4v) is 0.830. The minimum Gasteiger partial charge on any atom is -0.290 e. The summed E-state index contributed by atoms with van der Waals surface area (Å²) >= 11 is 0. The standard InChI is InChI=1S/C9H11NO/c1-7(2)10-8-3-5-9(11)6-4-8/h3-7H,1-2H3. The van der Waals surface area contributed by atoms with Crippen molar-refractivity contribution >= 4 is 11.5 Å². The van der Waals surface area contributed by atoms with Crippen LogP contribution >= 0.6 is 0 Å². The first-order valence-electron chi connectivity index (χ1n) is 3.66. The fraction of sp³-hybridized carbons (Fsp3) is 0.333. The summed E-state index contributed by atoms with van der Waals surface area (Å²) in [5.41, 5.74) is 0.875. The molecule has 0 spiro atoms. The molecule has 0 aliphatic heterocycles. The van der Waals surface area contributed by atoms with Crippen molar-refractivity contribution in [2.75, 3.05) is 0 Å². The van der Waals surface area contributed by atoms with Crippen molar-refractivity contribution in [1.82, 2.24) is 0 Å². The van der Waals surface area contributed by atoms with Gasteiger partial charge in [0.05, 0.1) is 5.71 Å². The summed E-state index contributed by atoms with van der Waals surface area (Å²) < 4.78 is 0. The number of hydrogen-bond acceptors (Lipinski definition) is 2. The first-order chi connectivity index (χ1) is 5.18. The normalized spacial score (nSPS) is 16.3. The number of aliphatic imine (C=N–C) groups is 1. The van der Waals surface area contributed by atoms with Crippen LogP contribution in [0.5, 0.6) is 0 Å². The lowest BCUT2D eigenvalue weighted by atomic mass is 10.1. The third-order valence-electron chi connectivity index (χ3n) is 1.24. The summed E-state index contributed by atoms with van der Waals surface area (Å²) in [4.78, 5) is 14.9. The second-order valence-corrected chi connectivity index (χ2v) is 2.72. The Morgan fingerprint density at radius 3 is 2.18 bits per heavy atom. The van der Waals surface area contributed by atoms with Crippen molar-refractivity contribution in [2.24, 2.45) is 4.99 Å². The van der Waals surface area contributed by atoms with E-state index in [4.69, 9.17) is 0 Å². The van der Waals surface area contributed by atoms with E-state index >= 15 is 0 Å². The molecule has 58 valence electrons. The summed E-state index contributed by atoms with van der Waals surface area (Å²) in [5.74, 6) is 0.0349.